The molecule has 0 aliphatic rings. The molecule has 1 aromatic heterocycles. The predicted molar refractivity (Wildman–Crippen MR) is 52.6 cm³/mol. The summed E-state index contributed by atoms with van der Waals surface area (Å²) in [6.45, 7) is 0.156. The monoisotopic (exact) mass is 212 g/mol. The van der Waals surface area contributed by atoms with E-state index in [-0.39, 0.29) is 18.7 Å². The SMILES string of the molecule is COC(=O)CC(CN)c1ncccc1F. The van der Waals surface area contributed by atoms with E-state index >= 15 is 0 Å². The van der Waals surface area contributed by atoms with Crippen molar-refractivity contribution in [1.82, 2.24) is 4.98 Å². The van der Waals surface area contributed by atoms with Gasteiger partial charge in [0.1, 0.15) is 5.82 Å². The Kier molecular flexibility index (Phi) is 4.17. The van der Waals surface area contributed by atoms with Crippen molar-refractivity contribution in [3.05, 3.63) is 29.8 Å². The van der Waals surface area contributed by atoms with Gasteiger partial charge in [0.25, 0.3) is 0 Å². The Morgan fingerprint density at radius 2 is 2.47 bits per heavy atom. The number of aromatic nitrogens is 1. The Hall–Kier alpha value is -1.49. The van der Waals surface area contributed by atoms with Crippen molar-refractivity contribution >= 4 is 5.97 Å². The minimum absolute atomic E-state index is 0.0426. The molecule has 1 atom stereocenters. The van der Waals surface area contributed by atoms with Gasteiger partial charge in [-0.05, 0) is 12.1 Å². The lowest BCUT2D eigenvalue weighted by atomic mass is 10.0. The lowest BCUT2D eigenvalue weighted by Gasteiger charge is -2.12. The largest absolute Gasteiger partial charge is 0.469 e. The van der Waals surface area contributed by atoms with Crippen LogP contribution in [0.4, 0.5) is 4.39 Å². The molecule has 82 valence electrons. The number of esters is 1. The van der Waals surface area contributed by atoms with Crippen LogP contribution in [0.15, 0.2) is 18.3 Å². The fraction of sp³-hybridized carbons (Fsp3) is 0.400. The summed E-state index contributed by atoms with van der Waals surface area (Å²) in [5.74, 6) is -1.30. The van der Waals surface area contributed by atoms with Gasteiger partial charge in [-0.3, -0.25) is 9.78 Å². The number of halogens is 1. The first-order valence-corrected chi connectivity index (χ1v) is 4.56. The average Bonchev–Trinajstić information content (AvgIpc) is 2.26. The van der Waals surface area contributed by atoms with E-state index in [4.69, 9.17) is 5.73 Å². The molecule has 0 spiro atoms. The van der Waals surface area contributed by atoms with E-state index in [1.807, 2.05) is 0 Å². The molecule has 0 aromatic carbocycles. The van der Waals surface area contributed by atoms with Crippen LogP contribution in [0.2, 0.25) is 0 Å². The predicted octanol–water partition coefficient (Wildman–Crippen LogP) is 0.826. The van der Waals surface area contributed by atoms with Gasteiger partial charge in [0.05, 0.1) is 19.2 Å². The Balaban J connectivity index is 2.83. The number of methoxy groups -OCH3 is 1. The van der Waals surface area contributed by atoms with Crippen LogP contribution >= 0.6 is 0 Å². The van der Waals surface area contributed by atoms with Gasteiger partial charge in [-0.2, -0.15) is 0 Å². The highest BCUT2D eigenvalue weighted by molar-refractivity contribution is 5.70. The first-order chi connectivity index (χ1) is 7.19. The highest BCUT2D eigenvalue weighted by Crippen LogP contribution is 2.19. The Labute approximate surface area is 87.3 Å². The number of nitrogens with two attached hydrogens (primary N) is 1. The standard InChI is InChI=1S/C10H13FN2O2/c1-15-9(14)5-7(6-12)10-8(11)3-2-4-13-10/h2-4,7H,5-6,12H2,1H3. The molecular weight excluding hydrogens is 199 g/mol. The van der Waals surface area contributed by atoms with E-state index in [1.165, 1.54) is 25.4 Å². The van der Waals surface area contributed by atoms with Gasteiger partial charge in [0, 0.05) is 18.7 Å². The average molecular weight is 212 g/mol. The molecule has 15 heavy (non-hydrogen) atoms. The van der Waals surface area contributed by atoms with Crippen molar-refractivity contribution in [3.63, 3.8) is 0 Å². The summed E-state index contributed by atoms with van der Waals surface area (Å²) in [5, 5.41) is 0. The number of carbonyl (C=O) groups is 1. The summed E-state index contributed by atoms with van der Waals surface area (Å²) >= 11 is 0. The smallest absolute Gasteiger partial charge is 0.306 e. The molecule has 4 nitrogen and oxygen atoms in total. The van der Waals surface area contributed by atoms with Crippen molar-refractivity contribution in [1.29, 1.82) is 0 Å². The van der Waals surface area contributed by atoms with Crippen LogP contribution in [0, 0.1) is 5.82 Å². The highest BCUT2D eigenvalue weighted by atomic mass is 19.1. The van der Waals surface area contributed by atoms with Crippen molar-refractivity contribution in [3.8, 4) is 0 Å². The molecule has 1 rings (SSSR count). The molecule has 0 saturated heterocycles. The summed E-state index contributed by atoms with van der Waals surface area (Å²) in [6.07, 6.45) is 1.51. The summed E-state index contributed by atoms with van der Waals surface area (Å²) in [5.41, 5.74) is 5.68. The molecular formula is C10H13FN2O2. The first kappa shape index (κ1) is 11.6. The zero-order valence-electron chi connectivity index (χ0n) is 8.44. The quantitative estimate of drug-likeness (QED) is 0.750. The molecule has 0 saturated carbocycles. The van der Waals surface area contributed by atoms with Gasteiger partial charge in [-0.15, -0.1) is 0 Å². The molecule has 0 radical (unpaired) electrons. The molecule has 0 aliphatic heterocycles. The maximum Gasteiger partial charge on any atom is 0.306 e. The summed E-state index contributed by atoms with van der Waals surface area (Å²) in [4.78, 5) is 14.9. The van der Waals surface area contributed by atoms with Gasteiger partial charge >= 0.3 is 5.97 Å². The molecule has 0 aliphatic carbocycles. The molecule has 1 unspecified atom stereocenters. The van der Waals surface area contributed by atoms with Crippen LogP contribution in [0.3, 0.4) is 0 Å². The van der Waals surface area contributed by atoms with E-state index in [9.17, 15) is 9.18 Å². The molecule has 1 aromatic rings. The summed E-state index contributed by atoms with van der Waals surface area (Å²) < 4.78 is 17.8. The molecule has 2 N–H and O–H groups in total. The van der Waals surface area contributed by atoms with Crippen LogP contribution in [0.1, 0.15) is 18.0 Å². The zero-order chi connectivity index (χ0) is 11.3. The first-order valence-electron chi connectivity index (χ1n) is 4.56. The van der Waals surface area contributed by atoms with Crippen LogP contribution < -0.4 is 5.73 Å². The van der Waals surface area contributed by atoms with Crippen molar-refractivity contribution in [2.45, 2.75) is 12.3 Å². The zero-order valence-corrected chi connectivity index (χ0v) is 8.44. The lowest BCUT2D eigenvalue weighted by Crippen LogP contribution is -2.19. The third-order valence-corrected chi connectivity index (χ3v) is 2.10. The number of hydrogen-bond donors (Lipinski definition) is 1. The van der Waals surface area contributed by atoms with Crippen LogP contribution in [0.5, 0.6) is 0 Å². The van der Waals surface area contributed by atoms with E-state index in [1.54, 1.807) is 0 Å². The van der Waals surface area contributed by atoms with Gasteiger partial charge in [-0.25, -0.2) is 4.39 Å². The Bertz CT molecular complexity index is 344. The minimum atomic E-state index is -0.447. The van der Waals surface area contributed by atoms with Crippen molar-refractivity contribution in [2.75, 3.05) is 13.7 Å². The third kappa shape index (κ3) is 2.99. The molecule has 0 amide bonds. The molecule has 0 fully saturated rings. The lowest BCUT2D eigenvalue weighted by molar-refractivity contribution is -0.141. The van der Waals surface area contributed by atoms with E-state index in [0.717, 1.165) is 0 Å². The van der Waals surface area contributed by atoms with Crippen molar-refractivity contribution < 1.29 is 13.9 Å². The number of carbonyl (C=O) groups excluding carboxylic acids is 1. The number of hydrogen-bond acceptors (Lipinski definition) is 4. The number of pyridine rings is 1. The summed E-state index contributed by atoms with van der Waals surface area (Å²) in [6, 6.07) is 2.78. The Morgan fingerprint density at radius 3 is 3.00 bits per heavy atom. The van der Waals surface area contributed by atoms with E-state index < -0.39 is 17.7 Å². The van der Waals surface area contributed by atoms with E-state index in [2.05, 4.69) is 9.72 Å². The van der Waals surface area contributed by atoms with Gasteiger partial charge < -0.3 is 10.5 Å². The van der Waals surface area contributed by atoms with E-state index in [0.29, 0.717) is 0 Å². The second-order valence-electron chi connectivity index (χ2n) is 3.08. The van der Waals surface area contributed by atoms with Gasteiger partial charge in [-0.1, -0.05) is 0 Å². The molecule has 1 heterocycles. The normalized spacial score (nSPS) is 12.2. The Morgan fingerprint density at radius 1 is 1.73 bits per heavy atom. The highest BCUT2D eigenvalue weighted by Gasteiger charge is 2.19. The van der Waals surface area contributed by atoms with Gasteiger partial charge in [0.15, 0.2) is 0 Å². The van der Waals surface area contributed by atoms with Gasteiger partial charge in [0.2, 0.25) is 0 Å². The fourth-order valence-electron chi connectivity index (χ4n) is 1.27. The second kappa shape index (κ2) is 5.41. The fourth-order valence-corrected chi connectivity index (χ4v) is 1.27. The second-order valence-corrected chi connectivity index (χ2v) is 3.08. The molecule has 5 heteroatoms. The number of ether oxygens (including phenoxy) is 1. The van der Waals surface area contributed by atoms with Crippen LogP contribution in [-0.2, 0) is 9.53 Å². The third-order valence-electron chi connectivity index (χ3n) is 2.10. The molecule has 0 bridgehead atoms. The number of nitrogens with zero attached hydrogens (tertiary/aromatic N) is 1. The maximum absolute atomic E-state index is 13.3. The minimum Gasteiger partial charge on any atom is -0.469 e. The topological polar surface area (TPSA) is 65.2 Å². The van der Waals surface area contributed by atoms with Crippen LogP contribution in [0.25, 0.3) is 0 Å². The van der Waals surface area contributed by atoms with Crippen molar-refractivity contribution in [2.24, 2.45) is 5.73 Å². The summed E-state index contributed by atoms with van der Waals surface area (Å²) in [7, 11) is 1.28. The van der Waals surface area contributed by atoms with Crippen LogP contribution in [-0.4, -0.2) is 24.6 Å². The maximum atomic E-state index is 13.3. The number of rotatable bonds is 4.